The molecule has 0 bridgehead atoms. The van der Waals surface area contributed by atoms with E-state index < -0.39 is 5.60 Å². The van der Waals surface area contributed by atoms with Crippen molar-refractivity contribution in [2.75, 3.05) is 18.0 Å². The zero-order valence-electron chi connectivity index (χ0n) is 10.2. The predicted molar refractivity (Wildman–Crippen MR) is 76.9 cm³/mol. The van der Waals surface area contributed by atoms with Crippen molar-refractivity contribution in [1.29, 1.82) is 0 Å². The monoisotopic (exact) mass is 306 g/mol. The molecule has 1 saturated heterocycles. The van der Waals surface area contributed by atoms with Gasteiger partial charge in [-0.1, -0.05) is 15.9 Å². The summed E-state index contributed by atoms with van der Waals surface area (Å²) in [7, 11) is 0. The average Bonchev–Trinajstić information content (AvgIpc) is 2.69. The van der Waals surface area contributed by atoms with Gasteiger partial charge in [-0.25, -0.2) is 4.98 Å². The molecule has 1 aromatic carbocycles. The van der Waals surface area contributed by atoms with Gasteiger partial charge in [0.2, 0.25) is 0 Å². The molecule has 0 aliphatic carbocycles. The van der Waals surface area contributed by atoms with Crippen LogP contribution < -0.4 is 4.90 Å². The van der Waals surface area contributed by atoms with Gasteiger partial charge >= 0.3 is 0 Å². The number of pyridine rings is 1. The number of rotatable bonds is 1. The third-order valence-electron chi connectivity index (χ3n) is 3.41. The lowest BCUT2D eigenvalue weighted by molar-refractivity contribution is 0.0839. The Balaban J connectivity index is 1.97. The molecule has 1 atom stereocenters. The van der Waals surface area contributed by atoms with Crippen LogP contribution in [0.5, 0.6) is 0 Å². The molecule has 2 heterocycles. The van der Waals surface area contributed by atoms with Crippen LogP contribution >= 0.6 is 15.9 Å². The summed E-state index contributed by atoms with van der Waals surface area (Å²) >= 11 is 3.46. The third-order valence-corrected chi connectivity index (χ3v) is 3.91. The van der Waals surface area contributed by atoms with Gasteiger partial charge in [0.15, 0.2) is 0 Å². The summed E-state index contributed by atoms with van der Waals surface area (Å²) in [5.74, 6) is 0.947. The van der Waals surface area contributed by atoms with Crippen LogP contribution in [-0.2, 0) is 0 Å². The smallest absolute Gasteiger partial charge is 0.129 e. The van der Waals surface area contributed by atoms with Gasteiger partial charge < -0.3 is 10.0 Å². The van der Waals surface area contributed by atoms with E-state index in [0.717, 1.165) is 34.2 Å². The molecule has 18 heavy (non-hydrogen) atoms. The van der Waals surface area contributed by atoms with Gasteiger partial charge in [-0.05, 0) is 43.7 Å². The minimum Gasteiger partial charge on any atom is -0.388 e. The fourth-order valence-electron chi connectivity index (χ4n) is 2.40. The zero-order valence-corrected chi connectivity index (χ0v) is 11.8. The first-order valence-corrected chi connectivity index (χ1v) is 6.86. The van der Waals surface area contributed by atoms with Gasteiger partial charge in [-0.3, -0.25) is 0 Å². The topological polar surface area (TPSA) is 36.4 Å². The van der Waals surface area contributed by atoms with Crippen molar-refractivity contribution < 1.29 is 5.11 Å². The van der Waals surface area contributed by atoms with Gasteiger partial charge in [0.05, 0.1) is 11.1 Å². The molecule has 3 rings (SSSR count). The number of fused-ring (bicyclic) bond motifs is 1. The summed E-state index contributed by atoms with van der Waals surface area (Å²) in [6, 6.07) is 10.2. The van der Waals surface area contributed by atoms with E-state index in [1.165, 1.54) is 0 Å². The molecule has 1 aliphatic rings. The molecule has 2 aromatic rings. The molecule has 0 saturated carbocycles. The molecule has 1 unspecified atom stereocenters. The van der Waals surface area contributed by atoms with E-state index >= 15 is 0 Å². The molecule has 94 valence electrons. The van der Waals surface area contributed by atoms with E-state index in [4.69, 9.17) is 0 Å². The van der Waals surface area contributed by atoms with Crippen molar-refractivity contribution >= 4 is 32.7 Å². The standard InChI is InChI=1S/C14H15BrN2O/c1-14(18)6-7-17(9-14)13-5-2-10-8-11(15)3-4-12(10)16-13/h2-5,8,18H,6-7,9H2,1H3. The van der Waals surface area contributed by atoms with Gasteiger partial charge in [0.1, 0.15) is 5.82 Å². The van der Waals surface area contributed by atoms with Crippen LogP contribution in [0.4, 0.5) is 5.82 Å². The van der Waals surface area contributed by atoms with Crippen molar-refractivity contribution in [3.8, 4) is 0 Å². The maximum absolute atomic E-state index is 10.0. The number of hydrogen-bond donors (Lipinski definition) is 1. The molecule has 1 aromatic heterocycles. The first kappa shape index (κ1) is 11.9. The van der Waals surface area contributed by atoms with E-state index in [9.17, 15) is 5.11 Å². The lowest BCUT2D eigenvalue weighted by Gasteiger charge is -2.20. The zero-order chi connectivity index (χ0) is 12.8. The largest absolute Gasteiger partial charge is 0.388 e. The summed E-state index contributed by atoms with van der Waals surface area (Å²) in [6.07, 6.45) is 0.799. The highest BCUT2D eigenvalue weighted by molar-refractivity contribution is 9.10. The molecular weight excluding hydrogens is 292 g/mol. The highest BCUT2D eigenvalue weighted by Crippen LogP contribution is 2.27. The van der Waals surface area contributed by atoms with E-state index in [1.54, 1.807) is 0 Å². The van der Waals surface area contributed by atoms with Crippen molar-refractivity contribution in [2.24, 2.45) is 0 Å². The number of nitrogens with zero attached hydrogens (tertiary/aromatic N) is 2. The molecular formula is C14H15BrN2O. The molecule has 3 nitrogen and oxygen atoms in total. The number of β-amino-alcohol motifs (C(OH)–C–C–N with tert-alkyl or cyclic N) is 1. The second kappa shape index (κ2) is 4.21. The number of anilines is 1. The number of hydrogen-bond acceptors (Lipinski definition) is 3. The lowest BCUT2D eigenvalue weighted by atomic mass is 10.1. The molecule has 0 amide bonds. The molecule has 0 spiro atoms. The van der Waals surface area contributed by atoms with Crippen LogP contribution in [0.2, 0.25) is 0 Å². The fraction of sp³-hybridized carbons (Fsp3) is 0.357. The van der Waals surface area contributed by atoms with E-state index in [2.05, 4.69) is 37.9 Å². The van der Waals surface area contributed by atoms with Crippen molar-refractivity contribution in [3.63, 3.8) is 0 Å². The molecule has 1 fully saturated rings. The SMILES string of the molecule is CC1(O)CCN(c2ccc3cc(Br)ccc3n2)C1. The van der Waals surface area contributed by atoms with Gasteiger partial charge in [0.25, 0.3) is 0 Å². The Labute approximate surface area is 115 Å². The van der Waals surface area contributed by atoms with Crippen molar-refractivity contribution in [2.45, 2.75) is 18.9 Å². The normalized spacial score (nSPS) is 23.8. The maximum atomic E-state index is 10.0. The van der Waals surface area contributed by atoms with Crippen molar-refractivity contribution in [1.82, 2.24) is 4.98 Å². The Hall–Kier alpha value is -1.13. The van der Waals surface area contributed by atoms with Crippen LogP contribution in [0.25, 0.3) is 10.9 Å². The fourth-order valence-corrected chi connectivity index (χ4v) is 2.78. The Bertz CT molecular complexity index is 597. The molecule has 1 N–H and O–H groups in total. The summed E-state index contributed by atoms with van der Waals surface area (Å²) in [5.41, 5.74) is 0.401. The summed E-state index contributed by atoms with van der Waals surface area (Å²) in [5, 5.41) is 11.1. The highest BCUT2D eigenvalue weighted by Gasteiger charge is 2.31. The number of halogens is 1. The highest BCUT2D eigenvalue weighted by atomic mass is 79.9. The third kappa shape index (κ3) is 2.22. The molecule has 4 heteroatoms. The van der Waals surface area contributed by atoms with E-state index in [-0.39, 0.29) is 0 Å². The Morgan fingerprint density at radius 1 is 1.33 bits per heavy atom. The minimum absolute atomic E-state index is 0.587. The predicted octanol–water partition coefficient (Wildman–Crippen LogP) is 2.96. The van der Waals surface area contributed by atoms with E-state index in [0.29, 0.717) is 6.54 Å². The Morgan fingerprint density at radius 2 is 2.17 bits per heavy atom. The van der Waals surface area contributed by atoms with Crippen LogP contribution in [-0.4, -0.2) is 28.8 Å². The summed E-state index contributed by atoms with van der Waals surface area (Å²) in [4.78, 5) is 6.80. The number of aromatic nitrogens is 1. The second-order valence-corrected chi connectivity index (χ2v) is 6.09. The van der Waals surface area contributed by atoms with Gasteiger partial charge in [0, 0.05) is 22.9 Å². The number of aliphatic hydroxyl groups is 1. The van der Waals surface area contributed by atoms with Gasteiger partial charge in [-0.2, -0.15) is 0 Å². The maximum Gasteiger partial charge on any atom is 0.129 e. The second-order valence-electron chi connectivity index (χ2n) is 5.17. The van der Waals surface area contributed by atoms with Crippen molar-refractivity contribution in [3.05, 3.63) is 34.8 Å². The molecule has 0 radical (unpaired) electrons. The lowest BCUT2D eigenvalue weighted by Crippen LogP contribution is -2.29. The van der Waals surface area contributed by atoms with Gasteiger partial charge in [-0.15, -0.1) is 0 Å². The Kier molecular flexibility index (Phi) is 2.79. The van der Waals surface area contributed by atoms with E-state index in [1.807, 2.05) is 25.1 Å². The first-order chi connectivity index (χ1) is 8.53. The minimum atomic E-state index is -0.587. The quantitative estimate of drug-likeness (QED) is 0.880. The average molecular weight is 307 g/mol. The van der Waals surface area contributed by atoms with Crippen LogP contribution in [0, 0.1) is 0 Å². The molecule has 1 aliphatic heterocycles. The summed E-state index contributed by atoms with van der Waals surface area (Å²) < 4.78 is 1.06. The van der Waals surface area contributed by atoms with Crippen LogP contribution in [0.1, 0.15) is 13.3 Å². The van der Waals surface area contributed by atoms with Crippen LogP contribution in [0.3, 0.4) is 0 Å². The Morgan fingerprint density at radius 3 is 2.89 bits per heavy atom. The number of benzene rings is 1. The summed E-state index contributed by atoms with van der Waals surface area (Å²) in [6.45, 7) is 3.40. The van der Waals surface area contributed by atoms with Crippen LogP contribution in [0.15, 0.2) is 34.8 Å². The first-order valence-electron chi connectivity index (χ1n) is 6.07.